The fourth-order valence-electron chi connectivity index (χ4n) is 10.6. The minimum atomic E-state index is 0.374. The number of para-hydroxylation sites is 1. The van der Waals surface area contributed by atoms with Crippen molar-refractivity contribution in [3.05, 3.63) is 151 Å². The zero-order valence-electron chi connectivity index (χ0n) is 30.5. The topological polar surface area (TPSA) is 75.6 Å². The SMILES string of the molecule is N#Cc1cccc2c1oc1ccc(-c3ccc(-c4nc(-c5ccccc5)nc(-c5ccccc5-c5ccc(C67CC8CC(CC(C8)C6)C7)cc5)n4)cc3)cc12. The lowest BCUT2D eigenvalue weighted by Gasteiger charge is -2.57. The van der Waals surface area contributed by atoms with E-state index in [1.165, 1.54) is 49.7 Å². The third-order valence-corrected chi connectivity index (χ3v) is 12.8. The Morgan fingerprint density at radius 3 is 1.78 bits per heavy atom. The summed E-state index contributed by atoms with van der Waals surface area (Å²) in [5.74, 6) is 4.70. The predicted molar refractivity (Wildman–Crippen MR) is 219 cm³/mol. The molecule has 4 bridgehead atoms. The third-order valence-electron chi connectivity index (χ3n) is 12.8. The highest BCUT2D eigenvalue weighted by molar-refractivity contribution is 6.07. The highest BCUT2D eigenvalue weighted by atomic mass is 16.3. The van der Waals surface area contributed by atoms with Crippen LogP contribution in [0.3, 0.4) is 0 Å². The minimum Gasteiger partial charge on any atom is -0.455 e. The standard InChI is InChI=1S/C50H38N4O/c51-30-39-9-6-12-42-44-26-38(19-22-45(44)55-46(39)42)34-13-15-37(16-14-34)48-52-47(36-7-2-1-3-8-36)53-49(54-48)43-11-5-4-10-41(43)35-17-20-40(21-18-35)50-27-31-23-32(28-50)25-33(24-31)29-50/h1-22,26,31-33H,23-25,27-29H2. The van der Waals surface area contributed by atoms with E-state index in [0.29, 0.717) is 34.0 Å². The number of aromatic nitrogens is 3. The molecule has 0 N–H and O–H groups in total. The molecule has 0 aliphatic heterocycles. The van der Waals surface area contributed by atoms with E-state index in [1.54, 1.807) is 6.07 Å². The average Bonchev–Trinajstić information content (AvgIpc) is 3.62. The molecule has 5 nitrogen and oxygen atoms in total. The zero-order valence-corrected chi connectivity index (χ0v) is 30.5. The van der Waals surface area contributed by atoms with E-state index in [-0.39, 0.29) is 0 Å². The molecule has 0 spiro atoms. The molecule has 12 rings (SSSR count). The fraction of sp³-hybridized carbons (Fsp3) is 0.200. The molecule has 4 aliphatic carbocycles. The Bertz CT molecular complexity index is 2760. The molecule has 0 radical (unpaired) electrons. The van der Waals surface area contributed by atoms with Gasteiger partial charge in [-0.05, 0) is 108 Å². The summed E-state index contributed by atoms with van der Waals surface area (Å²) in [6.45, 7) is 0. The first-order chi connectivity index (χ1) is 27.1. The summed E-state index contributed by atoms with van der Waals surface area (Å²) in [6.07, 6.45) is 8.48. The number of rotatable bonds is 6. The molecule has 0 amide bonds. The van der Waals surface area contributed by atoms with Crippen LogP contribution in [-0.4, -0.2) is 15.0 Å². The first-order valence-electron chi connectivity index (χ1n) is 19.6. The molecule has 4 fully saturated rings. The van der Waals surface area contributed by atoms with Gasteiger partial charge in [0.15, 0.2) is 23.1 Å². The van der Waals surface area contributed by atoms with E-state index < -0.39 is 0 Å². The fourth-order valence-corrected chi connectivity index (χ4v) is 10.6. The summed E-state index contributed by atoms with van der Waals surface area (Å²) in [4.78, 5) is 15.3. The van der Waals surface area contributed by atoms with E-state index in [2.05, 4.69) is 103 Å². The lowest BCUT2D eigenvalue weighted by molar-refractivity contribution is -0.00518. The van der Waals surface area contributed by atoms with E-state index in [4.69, 9.17) is 19.4 Å². The number of nitrogens with zero attached hydrogens (tertiary/aromatic N) is 4. The largest absolute Gasteiger partial charge is 0.455 e. The van der Waals surface area contributed by atoms with E-state index >= 15 is 0 Å². The van der Waals surface area contributed by atoms with Gasteiger partial charge in [-0.2, -0.15) is 5.26 Å². The molecule has 2 aromatic heterocycles. The lowest BCUT2D eigenvalue weighted by atomic mass is 9.48. The molecule has 2 heterocycles. The summed E-state index contributed by atoms with van der Waals surface area (Å²) in [5, 5.41) is 11.5. The van der Waals surface area contributed by atoms with Crippen molar-refractivity contribution in [2.24, 2.45) is 17.8 Å². The van der Waals surface area contributed by atoms with Gasteiger partial charge in [0.2, 0.25) is 0 Å². The molecule has 6 aromatic carbocycles. The summed E-state index contributed by atoms with van der Waals surface area (Å²) in [6, 6.07) is 50.7. The quantitative estimate of drug-likeness (QED) is 0.172. The number of benzene rings is 6. The molecule has 55 heavy (non-hydrogen) atoms. The maximum absolute atomic E-state index is 9.60. The second-order valence-corrected chi connectivity index (χ2v) is 16.2. The zero-order chi connectivity index (χ0) is 36.5. The van der Waals surface area contributed by atoms with Gasteiger partial charge in [0, 0.05) is 27.5 Å². The predicted octanol–water partition coefficient (Wildman–Crippen LogP) is 12.4. The monoisotopic (exact) mass is 710 g/mol. The van der Waals surface area contributed by atoms with Gasteiger partial charge < -0.3 is 4.42 Å². The van der Waals surface area contributed by atoms with E-state index in [9.17, 15) is 5.26 Å². The van der Waals surface area contributed by atoms with Crippen LogP contribution < -0.4 is 0 Å². The molecule has 0 atom stereocenters. The molecule has 264 valence electrons. The van der Waals surface area contributed by atoms with Crippen molar-refractivity contribution in [3.63, 3.8) is 0 Å². The summed E-state index contributed by atoms with van der Waals surface area (Å²) in [5.41, 5.74) is 11.1. The first-order valence-corrected chi connectivity index (χ1v) is 19.6. The number of hydrogen-bond donors (Lipinski definition) is 0. The summed E-state index contributed by atoms with van der Waals surface area (Å²) >= 11 is 0. The normalized spacial score (nSPS) is 21.3. The highest BCUT2D eigenvalue weighted by Gasteiger charge is 2.51. The van der Waals surface area contributed by atoms with Crippen molar-refractivity contribution < 1.29 is 4.42 Å². The molecular formula is C50H38N4O. The average molecular weight is 711 g/mol. The van der Waals surface area contributed by atoms with E-state index in [0.717, 1.165) is 67.5 Å². The Hall–Kier alpha value is -6.38. The van der Waals surface area contributed by atoms with Gasteiger partial charge in [-0.1, -0.05) is 121 Å². The third kappa shape index (κ3) is 5.47. The van der Waals surface area contributed by atoms with E-state index in [1.807, 2.05) is 36.4 Å². The maximum Gasteiger partial charge on any atom is 0.164 e. The van der Waals surface area contributed by atoms with Crippen LogP contribution in [0, 0.1) is 29.1 Å². The van der Waals surface area contributed by atoms with Crippen LogP contribution in [0.4, 0.5) is 0 Å². The smallest absolute Gasteiger partial charge is 0.164 e. The molecule has 4 saturated carbocycles. The van der Waals surface area contributed by atoms with Crippen LogP contribution >= 0.6 is 0 Å². The maximum atomic E-state index is 9.60. The molecule has 5 heteroatoms. The number of hydrogen-bond acceptors (Lipinski definition) is 5. The summed E-state index contributed by atoms with van der Waals surface area (Å²) < 4.78 is 6.08. The van der Waals surface area contributed by atoms with Crippen molar-refractivity contribution in [3.8, 4) is 62.5 Å². The van der Waals surface area contributed by atoms with Crippen LogP contribution in [0.1, 0.15) is 49.7 Å². The van der Waals surface area contributed by atoms with Gasteiger partial charge in [-0.25, -0.2) is 15.0 Å². The number of fused-ring (bicyclic) bond motifs is 3. The lowest BCUT2D eigenvalue weighted by Crippen LogP contribution is -2.48. The van der Waals surface area contributed by atoms with Crippen LogP contribution in [0.25, 0.3) is 78.4 Å². The highest BCUT2D eigenvalue weighted by Crippen LogP contribution is 2.60. The number of nitriles is 1. The Balaban J connectivity index is 0.958. The van der Waals surface area contributed by atoms with Crippen molar-refractivity contribution >= 4 is 21.9 Å². The van der Waals surface area contributed by atoms with Crippen molar-refractivity contribution in [2.75, 3.05) is 0 Å². The van der Waals surface area contributed by atoms with Gasteiger partial charge in [0.05, 0.1) is 5.56 Å². The summed E-state index contributed by atoms with van der Waals surface area (Å²) in [7, 11) is 0. The molecule has 0 saturated heterocycles. The minimum absolute atomic E-state index is 0.374. The Morgan fingerprint density at radius 2 is 1.09 bits per heavy atom. The van der Waals surface area contributed by atoms with Crippen LogP contribution in [0.5, 0.6) is 0 Å². The van der Waals surface area contributed by atoms with Crippen LogP contribution in [0.15, 0.2) is 144 Å². The van der Waals surface area contributed by atoms with Gasteiger partial charge in [-0.15, -0.1) is 0 Å². The molecular weight excluding hydrogens is 673 g/mol. The van der Waals surface area contributed by atoms with Gasteiger partial charge in [0.25, 0.3) is 0 Å². The van der Waals surface area contributed by atoms with Crippen molar-refractivity contribution in [1.82, 2.24) is 15.0 Å². The van der Waals surface area contributed by atoms with Crippen LogP contribution in [0.2, 0.25) is 0 Å². The van der Waals surface area contributed by atoms with Crippen LogP contribution in [-0.2, 0) is 5.41 Å². The van der Waals surface area contributed by atoms with Gasteiger partial charge in [0.1, 0.15) is 11.7 Å². The molecule has 8 aromatic rings. The van der Waals surface area contributed by atoms with Crippen molar-refractivity contribution in [2.45, 2.75) is 43.9 Å². The number of furan rings is 1. The Labute approximate surface area is 320 Å². The Kier molecular flexibility index (Phi) is 7.35. The second kappa shape index (κ2) is 12.6. The van der Waals surface area contributed by atoms with Gasteiger partial charge in [-0.3, -0.25) is 0 Å². The molecule has 0 unspecified atom stereocenters. The molecule has 4 aliphatic rings. The van der Waals surface area contributed by atoms with Gasteiger partial charge >= 0.3 is 0 Å². The second-order valence-electron chi connectivity index (χ2n) is 16.2. The first kappa shape index (κ1) is 32.1. The Morgan fingerprint density at radius 1 is 0.509 bits per heavy atom. The van der Waals surface area contributed by atoms with Crippen molar-refractivity contribution in [1.29, 1.82) is 5.26 Å².